The maximum Gasteiger partial charge on any atom is 0.213 e. The number of pyridine rings is 1. The Balaban J connectivity index is 2.51. The van der Waals surface area contributed by atoms with E-state index >= 15 is 0 Å². The fourth-order valence-corrected chi connectivity index (χ4v) is 1.62. The van der Waals surface area contributed by atoms with Crippen LogP contribution in [0.3, 0.4) is 0 Å². The van der Waals surface area contributed by atoms with Gasteiger partial charge in [0.25, 0.3) is 0 Å². The van der Waals surface area contributed by atoms with Gasteiger partial charge >= 0.3 is 0 Å². The van der Waals surface area contributed by atoms with Crippen molar-refractivity contribution < 1.29 is 13.9 Å². The molecular formula is C13H6ClF2N3O. The molecule has 7 heteroatoms. The van der Waals surface area contributed by atoms with Crippen LogP contribution in [-0.4, -0.2) is 15.8 Å². The van der Waals surface area contributed by atoms with E-state index < -0.39 is 11.8 Å². The topological polar surface area (TPSA) is 69.3 Å². The Morgan fingerprint density at radius 2 is 2.10 bits per heavy atom. The van der Waals surface area contributed by atoms with Gasteiger partial charge in [0.2, 0.25) is 5.95 Å². The standard InChI is InChI=1S/C13H6ClF2N3O/c14-9-3-7(1-2-10(9)15)19-11(5-17)8-4-13(16)18-6-12(8)20/h1-4,6,20H/b19-11+. The molecule has 0 aliphatic heterocycles. The zero-order valence-corrected chi connectivity index (χ0v) is 10.6. The third kappa shape index (κ3) is 2.90. The van der Waals surface area contributed by atoms with Crippen LogP contribution in [0.4, 0.5) is 14.5 Å². The molecular weight excluding hydrogens is 288 g/mol. The summed E-state index contributed by atoms with van der Waals surface area (Å²) in [5, 5.41) is 18.4. The number of aliphatic imine (C=N–C) groups is 1. The number of halogens is 3. The van der Waals surface area contributed by atoms with Gasteiger partial charge in [-0.15, -0.1) is 0 Å². The zero-order chi connectivity index (χ0) is 14.7. The zero-order valence-electron chi connectivity index (χ0n) is 9.81. The highest BCUT2D eigenvalue weighted by Gasteiger charge is 2.11. The Morgan fingerprint density at radius 1 is 1.35 bits per heavy atom. The van der Waals surface area contributed by atoms with Crippen molar-refractivity contribution in [2.24, 2.45) is 4.99 Å². The number of hydrogen-bond donors (Lipinski definition) is 1. The minimum atomic E-state index is -0.863. The highest BCUT2D eigenvalue weighted by atomic mass is 35.5. The first-order chi connectivity index (χ1) is 9.51. The van der Waals surface area contributed by atoms with Crippen molar-refractivity contribution in [3.05, 3.63) is 52.8 Å². The van der Waals surface area contributed by atoms with Gasteiger partial charge < -0.3 is 5.11 Å². The van der Waals surface area contributed by atoms with Crippen molar-refractivity contribution in [1.82, 2.24) is 4.98 Å². The molecule has 0 amide bonds. The number of rotatable bonds is 2. The predicted octanol–water partition coefficient (Wildman–Crippen LogP) is 3.36. The molecule has 1 aromatic heterocycles. The Bertz CT molecular complexity index is 741. The van der Waals surface area contributed by atoms with Crippen LogP contribution in [0.15, 0.2) is 35.5 Å². The summed E-state index contributed by atoms with van der Waals surface area (Å²) in [5.74, 6) is -1.88. The second-order valence-corrected chi connectivity index (χ2v) is 4.10. The molecule has 0 fully saturated rings. The van der Waals surface area contributed by atoms with Crippen LogP contribution < -0.4 is 0 Å². The average molecular weight is 294 g/mol. The van der Waals surface area contributed by atoms with E-state index in [1.54, 1.807) is 6.07 Å². The number of nitriles is 1. The normalized spacial score (nSPS) is 11.2. The Hall–Kier alpha value is -2.52. The van der Waals surface area contributed by atoms with Gasteiger partial charge in [0.15, 0.2) is 5.71 Å². The first-order valence-corrected chi connectivity index (χ1v) is 5.68. The van der Waals surface area contributed by atoms with Crippen LogP contribution >= 0.6 is 11.6 Å². The third-order valence-corrected chi connectivity index (χ3v) is 2.64. The summed E-state index contributed by atoms with van der Waals surface area (Å²) >= 11 is 5.60. The van der Waals surface area contributed by atoms with Gasteiger partial charge in [-0.1, -0.05) is 11.6 Å². The van der Waals surface area contributed by atoms with E-state index in [0.29, 0.717) is 0 Å². The summed E-state index contributed by atoms with van der Waals surface area (Å²) in [5.41, 5.74) is -0.156. The van der Waals surface area contributed by atoms with Gasteiger partial charge in [-0.2, -0.15) is 9.65 Å². The first kappa shape index (κ1) is 13.9. The maximum atomic E-state index is 13.0. The molecule has 0 aliphatic carbocycles. The van der Waals surface area contributed by atoms with Gasteiger partial charge in [0.1, 0.15) is 17.6 Å². The lowest BCUT2D eigenvalue weighted by molar-refractivity contribution is 0.465. The average Bonchev–Trinajstić information content (AvgIpc) is 2.43. The Labute approximate surface area is 117 Å². The number of nitrogens with zero attached hydrogens (tertiary/aromatic N) is 3. The molecule has 20 heavy (non-hydrogen) atoms. The van der Waals surface area contributed by atoms with Crippen LogP contribution in [-0.2, 0) is 0 Å². The molecule has 0 radical (unpaired) electrons. The molecule has 0 spiro atoms. The molecule has 0 unspecified atom stereocenters. The van der Waals surface area contributed by atoms with Crippen molar-refractivity contribution >= 4 is 23.0 Å². The monoisotopic (exact) mass is 293 g/mol. The quantitative estimate of drug-likeness (QED) is 0.682. The third-order valence-electron chi connectivity index (χ3n) is 2.35. The molecule has 0 atom stereocenters. The van der Waals surface area contributed by atoms with Crippen molar-refractivity contribution in [1.29, 1.82) is 5.26 Å². The van der Waals surface area contributed by atoms with E-state index in [1.165, 1.54) is 12.1 Å². The van der Waals surface area contributed by atoms with E-state index in [9.17, 15) is 13.9 Å². The Kier molecular flexibility index (Phi) is 3.91. The van der Waals surface area contributed by atoms with E-state index in [2.05, 4.69) is 9.98 Å². The number of hydrogen-bond acceptors (Lipinski definition) is 4. The summed E-state index contributed by atoms with van der Waals surface area (Å²) in [6.45, 7) is 0. The second kappa shape index (κ2) is 5.63. The molecule has 0 saturated heterocycles. The van der Waals surface area contributed by atoms with E-state index in [4.69, 9.17) is 16.9 Å². The van der Waals surface area contributed by atoms with Crippen molar-refractivity contribution in [2.75, 3.05) is 0 Å². The van der Waals surface area contributed by atoms with Crippen LogP contribution in [0.1, 0.15) is 5.56 Å². The fourth-order valence-electron chi connectivity index (χ4n) is 1.44. The summed E-state index contributed by atoms with van der Waals surface area (Å²) in [6.07, 6.45) is 0.870. The van der Waals surface area contributed by atoms with Crippen LogP contribution in [0.25, 0.3) is 0 Å². The molecule has 2 rings (SSSR count). The smallest absolute Gasteiger partial charge is 0.213 e. The summed E-state index contributed by atoms with van der Waals surface area (Å²) < 4.78 is 26.1. The largest absolute Gasteiger partial charge is 0.506 e. The van der Waals surface area contributed by atoms with Crippen molar-refractivity contribution in [3.63, 3.8) is 0 Å². The van der Waals surface area contributed by atoms with Crippen molar-refractivity contribution in [3.8, 4) is 11.8 Å². The molecule has 1 heterocycles. The Morgan fingerprint density at radius 3 is 2.75 bits per heavy atom. The number of aromatic nitrogens is 1. The van der Waals surface area contributed by atoms with Gasteiger partial charge in [0.05, 0.1) is 22.5 Å². The van der Waals surface area contributed by atoms with Crippen LogP contribution in [0.2, 0.25) is 5.02 Å². The van der Waals surface area contributed by atoms with Crippen LogP contribution in [0, 0.1) is 23.1 Å². The summed E-state index contributed by atoms with van der Waals surface area (Å²) in [4.78, 5) is 7.14. The van der Waals surface area contributed by atoms with Crippen LogP contribution in [0.5, 0.6) is 5.75 Å². The van der Waals surface area contributed by atoms with Crippen molar-refractivity contribution in [2.45, 2.75) is 0 Å². The molecule has 100 valence electrons. The lowest BCUT2D eigenvalue weighted by atomic mass is 10.1. The van der Waals surface area contributed by atoms with Gasteiger partial charge in [-0.05, 0) is 18.2 Å². The molecule has 1 aromatic carbocycles. The molecule has 4 nitrogen and oxygen atoms in total. The lowest BCUT2D eigenvalue weighted by Crippen LogP contribution is -1.99. The highest BCUT2D eigenvalue weighted by Crippen LogP contribution is 2.24. The van der Waals surface area contributed by atoms with E-state index in [1.807, 2.05) is 0 Å². The second-order valence-electron chi connectivity index (χ2n) is 3.69. The predicted molar refractivity (Wildman–Crippen MR) is 69.1 cm³/mol. The molecule has 1 N–H and O–H groups in total. The SMILES string of the molecule is N#C/C(=N\c1ccc(F)c(Cl)c1)c1cc(F)ncc1O. The molecule has 0 bridgehead atoms. The summed E-state index contributed by atoms with van der Waals surface area (Å²) in [7, 11) is 0. The first-order valence-electron chi connectivity index (χ1n) is 5.30. The fraction of sp³-hybridized carbons (Fsp3) is 0. The van der Waals surface area contributed by atoms with Gasteiger partial charge in [0, 0.05) is 6.07 Å². The number of benzene rings is 1. The molecule has 0 aliphatic rings. The summed E-state index contributed by atoms with van der Waals surface area (Å²) in [6, 6.07) is 6.20. The van der Waals surface area contributed by atoms with E-state index in [-0.39, 0.29) is 27.7 Å². The van der Waals surface area contributed by atoms with Gasteiger partial charge in [-0.3, -0.25) is 0 Å². The lowest BCUT2D eigenvalue weighted by Gasteiger charge is -2.02. The number of aromatic hydroxyl groups is 1. The van der Waals surface area contributed by atoms with E-state index in [0.717, 1.165) is 18.3 Å². The minimum Gasteiger partial charge on any atom is -0.506 e. The minimum absolute atomic E-state index is 0.111. The van der Waals surface area contributed by atoms with Gasteiger partial charge in [-0.25, -0.2) is 14.4 Å². The maximum absolute atomic E-state index is 13.0. The molecule has 0 saturated carbocycles. The molecule has 2 aromatic rings. The highest BCUT2D eigenvalue weighted by molar-refractivity contribution is 6.31.